The van der Waals surface area contributed by atoms with E-state index >= 15 is 0 Å². The van der Waals surface area contributed by atoms with Crippen LogP contribution in [0.1, 0.15) is 46.3 Å². The SMILES string of the molecule is Cc1ccc(N)cc1C(=O)NCc1ccc(CN2CCCCC2)cc1.Cl.Cl. The van der Waals surface area contributed by atoms with Gasteiger partial charge in [0, 0.05) is 24.3 Å². The summed E-state index contributed by atoms with van der Waals surface area (Å²) in [6.45, 7) is 5.88. The number of hydrogen-bond donors (Lipinski definition) is 2. The number of carbonyl (C=O) groups excluding carboxylic acids is 1. The molecule has 0 spiro atoms. The number of likely N-dealkylation sites (tertiary alicyclic amines) is 1. The van der Waals surface area contributed by atoms with Gasteiger partial charge >= 0.3 is 0 Å². The molecule has 2 aromatic rings. The molecule has 1 aliphatic heterocycles. The fourth-order valence-electron chi connectivity index (χ4n) is 3.30. The summed E-state index contributed by atoms with van der Waals surface area (Å²) in [6.07, 6.45) is 3.99. The van der Waals surface area contributed by atoms with Gasteiger partial charge in [0.1, 0.15) is 0 Å². The van der Waals surface area contributed by atoms with Crippen LogP contribution in [0.4, 0.5) is 5.69 Å². The molecule has 148 valence electrons. The lowest BCUT2D eigenvalue weighted by Crippen LogP contribution is -2.29. The van der Waals surface area contributed by atoms with E-state index in [1.165, 1.54) is 37.9 Å². The number of nitrogen functional groups attached to an aromatic ring is 1. The highest BCUT2D eigenvalue weighted by Crippen LogP contribution is 2.15. The number of piperidine rings is 1. The van der Waals surface area contributed by atoms with Gasteiger partial charge < -0.3 is 11.1 Å². The topological polar surface area (TPSA) is 58.4 Å². The normalized spacial score (nSPS) is 14.0. The average molecular weight is 410 g/mol. The van der Waals surface area contributed by atoms with Crippen molar-refractivity contribution in [2.75, 3.05) is 18.8 Å². The number of nitrogens with two attached hydrogens (primary N) is 1. The maximum absolute atomic E-state index is 12.3. The first-order chi connectivity index (χ1) is 12.1. The highest BCUT2D eigenvalue weighted by atomic mass is 35.5. The van der Waals surface area contributed by atoms with Crippen LogP contribution in [-0.4, -0.2) is 23.9 Å². The summed E-state index contributed by atoms with van der Waals surface area (Å²) < 4.78 is 0. The van der Waals surface area contributed by atoms with E-state index in [9.17, 15) is 4.79 Å². The lowest BCUT2D eigenvalue weighted by molar-refractivity contribution is 0.0950. The molecule has 0 aliphatic carbocycles. The van der Waals surface area contributed by atoms with Gasteiger partial charge in [0.2, 0.25) is 0 Å². The van der Waals surface area contributed by atoms with Gasteiger partial charge in [-0.15, -0.1) is 24.8 Å². The van der Waals surface area contributed by atoms with Crippen LogP contribution in [-0.2, 0) is 13.1 Å². The minimum atomic E-state index is -0.0813. The predicted octanol–water partition coefficient (Wildman–Crippen LogP) is 4.34. The maximum atomic E-state index is 12.3. The molecule has 0 unspecified atom stereocenters. The molecule has 1 aliphatic rings. The van der Waals surface area contributed by atoms with Gasteiger partial charge in [0.15, 0.2) is 0 Å². The zero-order chi connectivity index (χ0) is 17.6. The molecule has 0 radical (unpaired) electrons. The van der Waals surface area contributed by atoms with E-state index in [1.54, 1.807) is 6.07 Å². The Labute approximate surface area is 174 Å². The fraction of sp³-hybridized carbons (Fsp3) is 0.381. The van der Waals surface area contributed by atoms with Crippen molar-refractivity contribution in [3.63, 3.8) is 0 Å². The van der Waals surface area contributed by atoms with Crippen LogP contribution in [0.5, 0.6) is 0 Å². The molecule has 4 nitrogen and oxygen atoms in total. The van der Waals surface area contributed by atoms with Gasteiger partial charge in [-0.1, -0.05) is 36.8 Å². The summed E-state index contributed by atoms with van der Waals surface area (Å²) in [4.78, 5) is 14.9. The third kappa shape index (κ3) is 6.73. The van der Waals surface area contributed by atoms with E-state index in [-0.39, 0.29) is 30.7 Å². The largest absolute Gasteiger partial charge is 0.399 e. The average Bonchev–Trinajstić information content (AvgIpc) is 2.64. The first-order valence-electron chi connectivity index (χ1n) is 9.06. The van der Waals surface area contributed by atoms with Gasteiger partial charge in [-0.2, -0.15) is 0 Å². The Balaban J connectivity index is 0.00000182. The van der Waals surface area contributed by atoms with E-state index in [4.69, 9.17) is 5.73 Å². The molecule has 1 amide bonds. The number of carbonyl (C=O) groups is 1. The number of nitrogens with one attached hydrogen (secondary N) is 1. The van der Waals surface area contributed by atoms with Crippen LogP contribution in [0.25, 0.3) is 0 Å². The molecule has 1 fully saturated rings. The second-order valence-corrected chi connectivity index (χ2v) is 6.91. The molecule has 3 rings (SSSR count). The Hall–Kier alpha value is -1.75. The van der Waals surface area contributed by atoms with Crippen molar-refractivity contribution in [2.24, 2.45) is 0 Å². The molecule has 0 atom stereocenters. The van der Waals surface area contributed by atoms with Crippen LogP contribution >= 0.6 is 24.8 Å². The van der Waals surface area contributed by atoms with Crippen molar-refractivity contribution in [3.05, 3.63) is 64.7 Å². The van der Waals surface area contributed by atoms with Gasteiger partial charge in [0.25, 0.3) is 5.91 Å². The Bertz CT molecular complexity index is 729. The molecule has 27 heavy (non-hydrogen) atoms. The van der Waals surface area contributed by atoms with E-state index < -0.39 is 0 Å². The van der Waals surface area contributed by atoms with E-state index in [0.29, 0.717) is 17.8 Å². The number of amides is 1. The Kier molecular flexibility index (Phi) is 9.64. The summed E-state index contributed by atoms with van der Waals surface area (Å²) >= 11 is 0. The number of anilines is 1. The Morgan fingerprint density at radius 1 is 1.00 bits per heavy atom. The number of benzene rings is 2. The molecule has 0 bridgehead atoms. The van der Waals surface area contributed by atoms with Crippen LogP contribution in [0.3, 0.4) is 0 Å². The molecule has 1 saturated heterocycles. The summed E-state index contributed by atoms with van der Waals surface area (Å²) in [7, 11) is 0. The van der Waals surface area contributed by atoms with Gasteiger partial charge in [-0.3, -0.25) is 9.69 Å². The van der Waals surface area contributed by atoms with E-state index in [0.717, 1.165) is 17.7 Å². The van der Waals surface area contributed by atoms with Crippen LogP contribution in [0.2, 0.25) is 0 Å². The second kappa shape index (κ2) is 11.2. The van der Waals surface area contributed by atoms with Crippen molar-refractivity contribution in [1.82, 2.24) is 10.2 Å². The molecule has 2 aromatic carbocycles. The first-order valence-corrected chi connectivity index (χ1v) is 9.06. The third-order valence-electron chi connectivity index (χ3n) is 4.84. The Morgan fingerprint density at radius 3 is 2.30 bits per heavy atom. The molecular formula is C21H29Cl2N3O. The van der Waals surface area contributed by atoms with Gasteiger partial charge in [-0.25, -0.2) is 0 Å². The van der Waals surface area contributed by atoms with Crippen molar-refractivity contribution >= 4 is 36.4 Å². The number of nitrogens with zero attached hydrogens (tertiary/aromatic N) is 1. The summed E-state index contributed by atoms with van der Waals surface area (Å²) in [5, 5.41) is 2.98. The van der Waals surface area contributed by atoms with Crippen molar-refractivity contribution in [1.29, 1.82) is 0 Å². The van der Waals surface area contributed by atoms with Crippen molar-refractivity contribution < 1.29 is 4.79 Å². The van der Waals surface area contributed by atoms with Crippen molar-refractivity contribution in [2.45, 2.75) is 39.3 Å². The van der Waals surface area contributed by atoms with Crippen LogP contribution in [0.15, 0.2) is 42.5 Å². The molecule has 0 saturated carbocycles. The molecule has 6 heteroatoms. The molecule has 3 N–H and O–H groups in total. The third-order valence-corrected chi connectivity index (χ3v) is 4.84. The molecule has 1 heterocycles. The first kappa shape index (κ1) is 23.3. The minimum Gasteiger partial charge on any atom is -0.399 e. The molecule has 0 aromatic heterocycles. The number of hydrogen-bond acceptors (Lipinski definition) is 3. The summed E-state index contributed by atoms with van der Waals surface area (Å²) in [6, 6.07) is 14.0. The second-order valence-electron chi connectivity index (χ2n) is 6.91. The van der Waals surface area contributed by atoms with Gasteiger partial charge in [-0.05, 0) is 61.7 Å². The number of rotatable bonds is 5. The zero-order valence-corrected chi connectivity index (χ0v) is 17.4. The highest BCUT2D eigenvalue weighted by molar-refractivity contribution is 5.96. The lowest BCUT2D eigenvalue weighted by Gasteiger charge is -2.26. The van der Waals surface area contributed by atoms with E-state index in [1.807, 2.05) is 19.1 Å². The Morgan fingerprint density at radius 2 is 1.63 bits per heavy atom. The quantitative estimate of drug-likeness (QED) is 0.722. The number of aryl methyl sites for hydroxylation is 1. The smallest absolute Gasteiger partial charge is 0.251 e. The maximum Gasteiger partial charge on any atom is 0.251 e. The lowest BCUT2D eigenvalue weighted by atomic mass is 10.1. The van der Waals surface area contributed by atoms with Crippen molar-refractivity contribution in [3.8, 4) is 0 Å². The standard InChI is InChI=1S/C21H27N3O.2ClH/c1-16-5-10-19(22)13-20(16)21(25)23-14-17-6-8-18(9-7-17)15-24-11-3-2-4-12-24;;/h5-10,13H,2-4,11-12,14-15,22H2,1H3,(H,23,25);2*1H. The van der Waals surface area contributed by atoms with E-state index in [2.05, 4.69) is 34.5 Å². The monoisotopic (exact) mass is 409 g/mol. The highest BCUT2D eigenvalue weighted by Gasteiger charge is 2.11. The summed E-state index contributed by atoms with van der Waals surface area (Å²) in [5.74, 6) is -0.0813. The minimum absolute atomic E-state index is 0. The zero-order valence-electron chi connectivity index (χ0n) is 15.7. The summed E-state index contributed by atoms with van der Waals surface area (Å²) in [5.41, 5.74) is 10.4. The fourth-order valence-corrected chi connectivity index (χ4v) is 3.30. The number of halogens is 2. The van der Waals surface area contributed by atoms with Crippen LogP contribution < -0.4 is 11.1 Å². The molecular weight excluding hydrogens is 381 g/mol. The van der Waals surface area contributed by atoms with Crippen LogP contribution in [0, 0.1) is 6.92 Å². The van der Waals surface area contributed by atoms with Gasteiger partial charge in [0.05, 0.1) is 0 Å². The predicted molar refractivity (Wildman–Crippen MR) is 117 cm³/mol.